The monoisotopic (exact) mass is 431 g/mol. The molecule has 1 aliphatic heterocycles. The van der Waals surface area contributed by atoms with Crippen molar-refractivity contribution in [2.24, 2.45) is 5.92 Å². The van der Waals surface area contributed by atoms with Crippen LogP contribution in [0.2, 0.25) is 0 Å². The van der Waals surface area contributed by atoms with Gasteiger partial charge in [-0.3, -0.25) is 9.59 Å². The first-order chi connectivity index (χ1) is 14.5. The minimum Gasteiger partial charge on any atom is -0.494 e. The molecule has 2 amide bonds. The molecule has 1 aromatic rings. The fourth-order valence-electron chi connectivity index (χ4n) is 3.76. The van der Waals surface area contributed by atoms with Crippen molar-refractivity contribution < 1.29 is 14.3 Å². The Morgan fingerprint density at radius 2 is 1.84 bits per heavy atom. The summed E-state index contributed by atoms with van der Waals surface area (Å²) in [4.78, 5) is 31.3. The summed E-state index contributed by atoms with van der Waals surface area (Å²) in [6.07, 6.45) is 2.64. The first-order valence-corrected chi connectivity index (χ1v) is 11.5. The molecule has 6 heteroatoms. The highest BCUT2D eigenvalue weighted by Gasteiger charge is 2.37. The number of amides is 2. The van der Waals surface area contributed by atoms with Crippen molar-refractivity contribution in [2.75, 3.05) is 33.8 Å². The van der Waals surface area contributed by atoms with Gasteiger partial charge in [-0.25, -0.2) is 0 Å². The number of carbonyl (C=O) groups excluding carboxylic acids is 2. The van der Waals surface area contributed by atoms with E-state index in [-0.39, 0.29) is 23.4 Å². The zero-order valence-corrected chi connectivity index (χ0v) is 20.5. The molecule has 0 radical (unpaired) electrons. The maximum absolute atomic E-state index is 13.5. The van der Waals surface area contributed by atoms with Gasteiger partial charge in [-0.1, -0.05) is 26.0 Å². The summed E-state index contributed by atoms with van der Waals surface area (Å²) in [7, 11) is 4.06. The molecule has 2 rings (SSSR count). The number of ether oxygens (including phenoxy) is 1. The van der Waals surface area contributed by atoms with E-state index < -0.39 is 0 Å². The molecule has 31 heavy (non-hydrogen) atoms. The molecule has 0 N–H and O–H groups in total. The number of hydrogen-bond donors (Lipinski definition) is 0. The maximum Gasteiger partial charge on any atom is 0.245 e. The van der Waals surface area contributed by atoms with Gasteiger partial charge in [0.2, 0.25) is 11.8 Å². The SMILES string of the molecule is CC(=O)N1CCC[C@H]1C(=O)N(Cc1ccc(OCCC(C)C)cc1)CC(C)(C)N(C)C. The van der Waals surface area contributed by atoms with Crippen LogP contribution >= 0.6 is 0 Å². The molecule has 1 atom stereocenters. The second-order valence-corrected chi connectivity index (χ2v) is 9.95. The van der Waals surface area contributed by atoms with Crippen molar-refractivity contribution in [3.63, 3.8) is 0 Å². The molecule has 1 heterocycles. The van der Waals surface area contributed by atoms with E-state index in [0.29, 0.717) is 32.2 Å². The molecular weight excluding hydrogens is 390 g/mol. The van der Waals surface area contributed by atoms with E-state index in [1.54, 1.807) is 11.8 Å². The summed E-state index contributed by atoms with van der Waals surface area (Å²) in [6, 6.07) is 7.67. The molecule has 1 fully saturated rings. The summed E-state index contributed by atoms with van der Waals surface area (Å²) >= 11 is 0. The van der Waals surface area contributed by atoms with Crippen molar-refractivity contribution in [2.45, 2.75) is 72.0 Å². The predicted molar refractivity (Wildman–Crippen MR) is 125 cm³/mol. The predicted octanol–water partition coefficient (Wildman–Crippen LogP) is 3.79. The lowest BCUT2D eigenvalue weighted by atomic mass is 10.0. The fraction of sp³-hybridized carbons (Fsp3) is 0.680. The molecule has 1 aliphatic rings. The summed E-state index contributed by atoms with van der Waals surface area (Å²) in [6.45, 7) is 12.7. The quantitative estimate of drug-likeness (QED) is 0.566. The molecule has 0 spiro atoms. The fourth-order valence-corrected chi connectivity index (χ4v) is 3.76. The Morgan fingerprint density at radius 1 is 1.19 bits per heavy atom. The van der Waals surface area contributed by atoms with E-state index in [1.807, 2.05) is 43.3 Å². The molecule has 0 aromatic heterocycles. The van der Waals surface area contributed by atoms with E-state index >= 15 is 0 Å². The normalized spacial score (nSPS) is 16.8. The van der Waals surface area contributed by atoms with Gasteiger partial charge in [0.05, 0.1) is 6.61 Å². The number of carbonyl (C=O) groups is 2. The molecule has 6 nitrogen and oxygen atoms in total. The molecule has 0 aliphatic carbocycles. The number of likely N-dealkylation sites (N-methyl/N-ethyl adjacent to an activating group) is 1. The van der Waals surface area contributed by atoms with Crippen LogP contribution in [0.5, 0.6) is 5.75 Å². The van der Waals surface area contributed by atoms with E-state index in [0.717, 1.165) is 30.6 Å². The second-order valence-electron chi connectivity index (χ2n) is 9.95. The highest BCUT2D eigenvalue weighted by molar-refractivity contribution is 5.87. The lowest BCUT2D eigenvalue weighted by molar-refractivity contribution is -0.144. The number of hydrogen-bond acceptors (Lipinski definition) is 4. The average molecular weight is 432 g/mol. The Hall–Kier alpha value is -2.08. The van der Waals surface area contributed by atoms with Gasteiger partial charge in [-0.05, 0) is 70.8 Å². The van der Waals surface area contributed by atoms with E-state index in [9.17, 15) is 9.59 Å². The molecular formula is C25H41N3O3. The van der Waals surface area contributed by atoms with Crippen LogP contribution in [0.4, 0.5) is 0 Å². The zero-order valence-electron chi connectivity index (χ0n) is 20.5. The Labute approximate surface area is 188 Å². The van der Waals surface area contributed by atoms with E-state index in [2.05, 4.69) is 32.6 Å². The van der Waals surface area contributed by atoms with E-state index in [1.165, 1.54) is 0 Å². The van der Waals surface area contributed by atoms with Gasteiger partial charge < -0.3 is 19.4 Å². The number of rotatable bonds is 10. The third-order valence-electron chi connectivity index (χ3n) is 6.30. The van der Waals surface area contributed by atoms with Crippen LogP contribution in [0.15, 0.2) is 24.3 Å². The smallest absolute Gasteiger partial charge is 0.245 e. The molecule has 0 unspecified atom stereocenters. The van der Waals surface area contributed by atoms with Gasteiger partial charge in [0, 0.05) is 32.1 Å². The van der Waals surface area contributed by atoms with Crippen LogP contribution in [0.3, 0.4) is 0 Å². The highest BCUT2D eigenvalue weighted by Crippen LogP contribution is 2.24. The average Bonchev–Trinajstić information content (AvgIpc) is 3.18. The first-order valence-electron chi connectivity index (χ1n) is 11.5. The zero-order chi connectivity index (χ0) is 23.2. The van der Waals surface area contributed by atoms with Gasteiger partial charge >= 0.3 is 0 Å². The van der Waals surface area contributed by atoms with Gasteiger partial charge in [0.15, 0.2) is 0 Å². The van der Waals surface area contributed by atoms with Crippen LogP contribution in [-0.4, -0.2) is 71.9 Å². The number of benzene rings is 1. The Kier molecular flexibility index (Phi) is 8.92. The maximum atomic E-state index is 13.5. The summed E-state index contributed by atoms with van der Waals surface area (Å²) in [5.41, 5.74) is 0.876. The topological polar surface area (TPSA) is 53.1 Å². The molecule has 1 saturated heterocycles. The van der Waals surface area contributed by atoms with Crippen LogP contribution < -0.4 is 4.74 Å². The van der Waals surface area contributed by atoms with Gasteiger partial charge in [-0.2, -0.15) is 0 Å². The molecule has 174 valence electrons. The van der Waals surface area contributed by atoms with Crippen molar-refractivity contribution in [1.29, 1.82) is 0 Å². The summed E-state index contributed by atoms with van der Waals surface area (Å²) in [5.74, 6) is 1.49. The molecule has 1 aromatic carbocycles. The van der Waals surface area contributed by atoms with E-state index in [4.69, 9.17) is 4.74 Å². The van der Waals surface area contributed by atoms with Crippen molar-refractivity contribution in [3.05, 3.63) is 29.8 Å². The molecule has 0 bridgehead atoms. The van der Waals surface area contributed by atoms with Gasteiger partial charge in [-0.15, -0.1) is 0 Å². The van der Waals surface area contributed by atoms with Crippen molar-refractivity contribution >= 4 is 11.8 Å². The third-order valence-corrected chi connectivity index (χ3v) is 6.30. The Morgan fingerprint density at radius 3 is 2.39 bits per heavy atom. The standard InChI is InChI=1S/C25H41N3O3/c1-19(2)14-16-31-22-12-10-21(11-13-22)17-27(18-25(4,5)26(6)7)24(30)23-9-8-15-28(23)20(3)29/h10-13,19,23H,8-9,14-18H2,1-7H3/t23-/m0/s1. The van der Waals surface area contributed by atoms with Crippen molar-refractivity contribution in [3.8, 4) is 5.75 Å². The highest BCUT2D eigenvalue weighted by atomic mass is 16.5. The van der Waals surface area contributed by atoms with Crippen molar-refractivity contribution in [1.82, 2.24) is 14.7 Å². The van der Waals surface area contributed by atoms with Crippen LogP contribution in [0, 0.1) is 5.92 Å². The van der Waals surface area contributed by atoms with Crippen LogP contribution in [-0.2, 0) is 16.1 Å². The van der Waals surface area contributed by atoms with Crippen LogP contribution in [0.1, 0.15) is 59.4 Å². The molecule has 0 saturated carbocycles. The minimum atomic E-state index is -0.353. The first kappa shape index (κ1) is 25.2. The summed E-state index contributed by atoms with van der Waals surface area (Å²) < 4.78 is 5.83. The van der Waals surface area contributed by atoms with Gasteiger partial charge in [0.25, 0.3) is 0 Å². The number of nitrogens with zero attached hydrogens (tertiary/aromatic N) is 3. The van der Waals surface area contributed by atoms with Gasteiger partial charge in [0.1, 0.15) is 11.8 Å². The van der Waals surface area contributed by atoms with Crippen LogP contribution in [0.25, 0.3) is 0 Å². The Balaban J connectivity index is 2.15. The summed E-state index contributed by atoms with van der Waals surface area (Å²) in [5, 5.41) is 0. The second kappa shape index (κ2) is 11.0. The minimum absolute atomic E-state index is 0.0226. The third kappa shape index (κ3) is 7.23. The lowest BCUT2D eigenvalue weighted by Gasteiger charge is -2.39. The number of likely N-dealkylation sites (tertiary alicyclic amines) is 1. The lowest BCUT2D eigenvalue weighted by Crippen LogP contribution is -2.54. The Bertz CT molecular complexity index is 728. The largest absolute Gasteiger partial charge is 0.494 e.